The summed E-state index contributed by atoms with van der Waals surface area (Å²) in [6, 6.07) is 0. The van der Waals surface area contributed by atoms with Crippen molar-refractivity contribution in [2.45, 2.75) is 206 Å². The van der Waals surface area contributed by atoms with Gasteiger partial charge in [0.2, 0.25) is 11.8 Å². The van der Waals surface area contributed by atoms with Crippen molar-refractivity contribution in [1.29, 1.82) is 0 Å². The van der Waals surface area contributed by atoms with Gasteiger partial charge in [0, 0.05) is 19.5 Å². The van der Waals surface area contributed by atoms with Crippen LogP contribution in [0.4, 0.5) is 0 Å². The molecule has 1 aliphatic rings. The van der Waals surface area contributed by atoms with Crippen molar-refractivity contribution in [3.05, 3.63) is 0 Å². The molecular formula is C40H79N3O2. The Morgan fingerprint density at radius 3 is 1.29 bits per heavy atom. The first-order valence-corrected chi connectivity index (χ1v) is 20.4. The van der Waals surface area contributed by atoms with E-state index in [-0.39, 0.29) is 11.8 Å². The molecule has 0 bridgehead atoms. The highest BCUT2D eigenvalue weighted by atomic mass is 16.2. The molecule has 0 spiro atoms. The maximum atomic E-state index is 12.4. The van der Waals surface area contributed by atoms with Crippen LogP contribution in [-0.4, -0.2) is 49.4 Å². The van der Waals surface area contributed by atoms with Crippen molar-refractivity contribution >= 4 is 11.8 Å². The second kappa shape index (κ2) is 32.8. The molecule has 5 nitrogen and oxygen atoms in total. The highest BCUT2D eigenvalue weighted by molar-refractivity contribution is 5.78. The Labute approximate surface area is 281 Å². The van der Waals surface area contributed by atoms with Gasteiger partial charge in [0.1, 0.15) is 0 Å². The monoisotopic (exact) mass is 634 g/mol. The first-order valence-electron chi connectivity index (χ1n) is 20.4. The summed E-state index contributed by atoms with van der Waals surface area (Å²) < 4.78 is 0. The number of unbranched alkanes of at least 4 members (excludes halogenated alkanes) is 23. The maximum Gasteiger partial charge on any atom is 0.234 e. The molecule has 0 aromatic heterocycles. The number of rotatable bonds is 33. The highest BCUT2D eigenvalue weighted by Crippen LogP contribution is 2.23. The molecule has 0 aromatic rings. The van der Waals surface area contributed by atoms with Gasteiger partial charge >= 0.3 is 0 Å². The number of amides is 2. The van der Waals surface area contributed by atoms with Crippen LogP contribution in [0.25, 0.3) is 0 Å². The Kier molecular flexibility index (Phi) is 30.6. The van der Waals surface area contributed by atoms with Gasteiger partial charge in [-0.1, -0.05) is 168 Å². The zero-order chi connectivity index (χ0) is 32.5. The van der Waals surface area contributed by atoms with E-state index < -0.39 is 0 Å². The van der Waals surface area contributed by atoms with Crippen molar-refractivity contribution in [3.8, 4) is 0 Å². The average molecular weight is 634 g/mol. The lowest BCUT2D eigenvalue weighted by atomic mass is 9.91. The SMILES string of the molecule is CCCCCCCCCCCCCCNC(=O)CCCCC1CCN(CC(=O)NCCCCCCCCCCCCCC)CC1. The molecule has 1 heterocycles. The fourth-order valence-corrected chi connectivity index (χ4v) is 6.89. The quantitative estimate of drug-likeness (QED) is 0.0707. The van der Waals surface area contributed by atoms with Crippen LogP contribution in [0.1, 0.15) is 206 Å². The van der Waals surface area contributed by atoms with Crippen LogP contribution in [0.15, 0.2) is 0 Å². The van der Waals surface area contributed by atoms with Crippen molar-refractivity contribution in [2.75, 3.05) is 32.7 Å². The summed E-state index contributed by atoms with van der Waals surface area (Å²) >= 11 is 0. The minimum Gasteiger partial charge on any atom is -0.356 e. The zero-order valence-electron chi connectivity index (χ0n) is 30.6. The van der Waals surface area contributed by atoms with Crippen LogP contribution in [0.2, 0.25) is 0 Å². The first kappa shape index (κ1) is 41.9. The van der Waals surface area contributed by atoms with Gasteiger partial charge in [-0.15, -0.1) is 0 Å². The van der Waals surface area contributed by atoms with E-state index in [0.29, 0.717) is 13.0 Å². The van der Waals surface area contributed by atoms with Crippen LogP contribution in [0.5, 0.6) is 0 Å². The standard InChI is InChI=1S/C40H79N3O2/c1-3-5-7-9-11-13-15-17-19-21-23-27-33-41-39(44)30-26-25-29-38-31-35-43(36-32-38)37-40(45)42-34-28-24-22-20-18-16-14-12-10-8-6-4-2/h38H,3-37H2,1-2H3,(H,41,44)(H,42,45). The molecule has 0 unspecified atom stereocenters. The van der Waals surface area contributed by atoms with E-state index in [1.807, 2.05) is 0 Å². The molecule has 5 heteroatoms. The van der Waals surface area contributed by atoms with Crippen LogP contribution >= 0.6 is 0 Å². The topological polar surface area (TPSA) is 61.4 Å². The number of hydrogen-bond donors (Lipinski definition) is 2. The predicted octanol–water partition coefficient (Wildman–Crippen LogP) is 10.9. The van der Waals surface area contributed by atoms with Gasteiger partial charge in [-0.25, -0.2) is 0 Å². The second-order valence-electron chi connectivity index (χ2n) is 14.4. The molecule has 266 valence electrons. The van der Waals surface area contributed by atoms with Crippen LogP contribution in [-0.2, 0) is 9.59 Å². The lowest BCUT2D eigenvalue weighted by Crippen LogP contribution is -2.41. The van der Waals surface area contributed by atoms with Crippen molar-refractivity contribution in [2.24, 2.45) is 5.92 Å². The van der Waals surface area contributed by atoms with Gasteiger partial charge in [0.25, 0.3) is 0 Å². The number of nitrogens with one attached hydrogen (secondary N) is 2. The lowest BCUT2D eigenvalue weighted by molar-refractivity contribution is -0.122. The van der Waals surface area contributed by atoms with Crippen LogP contribution in [0, 0.1) is 5.92 Å². The predicted molar refractivity (Wildman–Crippen MR) is 196 cm³/mol. The Morgan fingerprint density at radius 2 is 0.867 bits per heavy atom. The summed E-state index contributed by atoms with van der Waals surface area (Å²) in [4.78, 5) is 26.9. The van der Waals surface area contributed by atoms with Gasteiger partial charge in [-0.2, -0.15) is 0 Å². The number of nitrogens with zero attached hydrogens (tertiary/aromatic N) is 1. The molecule has 1 fully saturated rings. The van der Waals surface area contributed by atoms with Crippen LogP contribution in [0.3, 0.4) is 0 Å². The minimum absolute atomic E-state index is 0.200. The summed E-state index contributed by atoms with van der Waals surface area (Å²) in [6.45, 7) is 8.88. The molecular weight excluding hydrogens is 554 g/mol. The summed E-state index contributed by atoms with van der Waals surface area (Å²) in [5.74, 6) is 1.20. The normalized spacial score (nSPS) is 14.2. The van der Waals surface area contributed by atoms with Gasteiger partial charge in [0.15, 0.2) is 0 Å². The van der Waals surface area contributed by atoms with E-state index in [1.165, 1.54) is 161 Å². The summed E-state index contributed by atoms with van der Waals surface area (Å²) in [7, 11) is 0. The van der Waals surface area contributed by atoms with Crippen LogP contribution < -0.4 is 10.6 Å². The van der Waals surface area contributed by atoms with Gasteiger partial charge < -0.3 is 10.6 Å². The highest BCUT2D eigenvalue weighted by Gasteiger charge is 2.20. The van der Waals surface area contributed by atoms with Gasteiger partial charge in [0.05, 0.1) is 6.54 Å². The fourth-order valence-electron chi connectivity index (χ4n) is 6.89. The number of carbonyl (C=O) groups is 2. The Morgan fingerprint density at radius 1 is 0.489 bits per heavy atom. The second-order valence-corrected chi connectivity index (χ2v) is 14.4. The molecule has 0 radical (unpaired) electrons. The molecule has 1 rings (SSSR count). The third kappa shape index (κ3) is 28.8. The zero-order valence-corrected chi connectivity index (χ0v) is 30.6. The van der Waals surface area contributed by atoms with Crippen molar-refractivity contribution in [3.63, 3.8) is 0 Å². The summed E-state index contributed by atoms with van der Waals surface area (Å²) in [5, 5.41) is 6.29. The number of carbonyl (C=O) groups excluding carboxylic acids is 2. The maximum absolute atomic E-state index is 12.4. The Bertz CT molecular complexity index is 645. The summed E-state index contributed by atoms with van der Waals surface area (Å²) in [5.41, 5.74) is 0. The lowest BCUT2D eigenvalue weighted by Gasteiger charge is -2.31. The fraction of sp³-hybridized carbons (Fsp3) is 0.950. The molecule has 0 aliphatic carbocycles. The van der Waals surface area contributed by atoms with E-state index in [1.54, 1.807) is 0 Å². The van der Waals surface area contributed by atoms with Crippen molar-refractivity contribution in [1.82, 2.24) is 15.5 Å². The van der Waals surface area contributed by atoms with E-state index in [0.717, 1.165) is 57.8 Å². The molecule has 2 N–H and O–H groups in total. The largest absolute Gasteiger partial charge is 0.356 e. The molecule has 0 atom stereocenters. The minimum atomic E-state index is 0.200. The van der Waals surface area contributed by atoms with E-state index in [2.05, 4.69) is 29.4 Å². The van der Waals surface area contributed by atoms with E-state index in [4.69, 9.17) is 0 Å². The van der Waals surface area contributed by atoms with Gasteiger partial charge in [-0.3, -0.25) is 14.5 Å². The number of piperidine rings is 1. The molecule has 0 saturated carbocycles. The molecule has 1 aliphatic heterocycles. The van der Waals surface area contributed by atoms with E-state index >= 15 is 0 Å². The third-order valence-corrected chi connectivity index (χ3v) is 10.0. The smallest absolute Gasteiger partial charge is 0.234 e. The van der Waals surface area contributed by atoms with Crippen molar-refractivity contribution < 1.29 is 9.59 Å². The Balaban J connectivity index is 1.84. The Hall–Kier alpha value is -1.10. The summed E-state index contributed by atoms with van der Waals surface area (Å²) in [6.07, 6.45) is 38.9. The molecule has 0 aromatic carbocycles. The molecule has 1 saturated heterocycles. The average Bonchev–Trinajstić information content (AvgIpc) is 3.04. The molecule has 2 amide bonds. The molecule has 45 heavy (non-hydrogen) atoms. The number of hydrogen-bond acceptors (Lipinski definition) is 3. The first-order chi connectivity index (χ1) is 22.2. The van der Waals surface area contributed by atoms with E-state index in [9.17, 15) is 9.59 Å². The van der Waals surface area contributed by atoms with Gasteiger partial charge in [-0.05, 0) is 51.1 Å². The third-order valence-electron chi connectivity index (χ3n) is 10.0. The number of likely N-dealkylation sites (tertiary alicyclic amines) is 1.